The highest BCUT2D eigenvalue weighted by Gasteiger charge is 2.23. The summed E-state index contributed by atoms with van der Waals surface area (Å²) in [6.07, 6.45) is 1.18. The molecule has 0 aliphatic heterocycles. The zero-order valence-electron chi connectivity index (χ0n) is 14.7. The Labute approximate surface area is 168 Å². The van der Waals surface area contributed by atoms with Crippen molar-refractivity contribution in [3.8, 4) is 11.1 Å². The summed E-state index contributed by atoms with van der Waals surface area (Å²) >= 11 is 10.5. The number of methoxy groups -OCH3 is 1. The number of sulfonamides is 1. The van der Waals surface area contributed by atoms with E-state index >= 15 is 0 Å². The Kier molecular flexibility index (Phi) is 7.32. The molecule has 0 heterocycles. The molecule has 144 valence electrons. The molecule has 0 spiro atoms. The van der Waals surface area contributed by atoms with Crippen molar-refractivity contribution >= 4 is 49.9 Å². The lowest BCUT2D eigenvalue weighted by atomic mass is 10.0. The van der Waals surface area contributed by atoms with Gasteiger partial charge in [0.1, 0.15) is 6.04 Å². The zero-order chi connectivity index (χ0) is 20.0. The molecule has 27 heavy (non-hydrogen) atoms. The Balaban J connectivity index is 2.18. The van der Waals surface area contributed by atoms with E-state index in [-0.39, 0.29) is 10.9 Å². The van der Waals surface area contributed by atoms with E-state index in [1.54, 1.807) is 0 Å². The van der Waals surface area contributed by atoms with Crippen LogP contribution in [0.15, 0.2) is 48.5 Å². The molecule has 0 bridgehead atoms. The third-order valence-corrected chi connectivity index (χ3v) is 4.58. The number of rotatable bonds is 7. The van der Waals surface area contributed by atoms with Gasteiger partial charge in [-0.3, -0.25) is 4.79 Å². The van der Waals surface area contributed by atoms with Crippen molar-refractivity contribution in [1.29, 1.82) is 0 Å². The van der Waals surface area contributed by atoms with Crippen LogP contribution in [0, 0.1) is 0 Å². The predicted molar refractivity (Wildman–Crippen MR) is 111 cm³/mol. The Morgan fingerprint density at radius 3 is 2.41 bits per heavy atom. The number of benzene rings is 2. The summed E-state index contributed by atoms with van der Waals surface area (Å²) in [5, 5.41) is 2.87. The van der Waals surface area contributed by atoms with Gasteiger partial charge in [-0.15, -0.1) is 0 Å². The number of hydrogen-bond donors (Lipinski definition) is 2. The average Bonchev–Trinajstić information content (AvgIpc) is 2.59. The average molecular weight is 427 g/mol. The predicted octanol–water partition coefficient (Wildman–Crippen LogP) is 2.92. The van der Waals surface area contributed by atoms with Gasteiger partial charge >= 0.3 is 5.97 Å². The minimum absolute atomic E-state index is 0.162. The molecule has 2 aromatic carbocycles. The van der Waals surface area contributed by atoms with E-state index in [0.29, 0.717) is 0 Å². The molecular weight excluding hydrogens is 408 g/mol. The number of anilines is 1. The summed E-state index contributed by atoms with van der Waals surface area (Å²) in [4.78, 5) is 11.8. The normalized spacial score (nSPS) is 12.3. The number of carbonyl (C=O) groups excluding carboxylic acids is 1. The summed E-state index contributed by atoms with van der Waals surface area (Å²) in [5.41, 5.74) is 3.48. The molecular formula is C18H19ClN2O4S2. The van der Waals surface area contributed by atoms with Crippen molar-refractivity contribution in [3.05, 3.63) is 54.1 Å². The van der Waals surface area contributed by atoms with Crippen molar-refractivity contribution in [1.82, 2.24) is 4.72 Å². The van der Waals surface area contributed by atoms with Crippen LogP contribution in [-0.4, -0.2) is 38.2 Å². The lowest BCUT2D eigenvalue weighted by Gasteiger charge is -2.15. The highest BCUT2D eigenvalue weighted by atomic mass is 35.5. The molecule has 0 aliphatic rings. The number of halogens is 1. The number of carbonyl (C=O) groups is 1. The smallest absolute Gasteiger partial charge is 0.324 e. The van der Waals surface area contributed by atoms with Gasteiger partial charge in [-0.2, -0.15) is 0 Å². The third-order valence-electron chi connectivity index (χ3n) is 3.67. The number of hydrogen-bond acceptors (Lipinski definition) is 5. The molecule has 2 N–H and O–H groups in total. The van der Waals surface area contributed by atoms with Gasteiger partial charge in [-0.1, -0.05) is 48.0 Å². The monoisotopic (exact) mass is 426 g/mol. The molecule has 0 amide bonds. The molecule has 1 unspecified atom stereocenters. The van der Waals surface area contributed by atoms with Crippen molar-refractivity contribution in [2.45, 2.75) is 12.5 Å². The first-order valence-electron chi connectivity index (χ1n) is 7.89. The summed E-state index contributed by atoms with van der Waals surface area (Å²) in [6, 6.07) is 14.1. The van der Waals surface area contributed by atoms with Gasteiger partial charge in [0.2, 0.25) is 10.0 Å². The topological polar surface area (TPSA) is 84.5 Å². The second kappa shape index (κ2) is 9.27. The van der Waals surface area contributed by atoms with Crippen LogP contribution < -0.4 is 10.0 Å². The molecule has 0 aliphatic carbocycles. The van der Waals surface area contributed by atoms with Crippen molar-refractivity contribution in [2.24, 2.45) is 0 Å². The fraction of sp³-hybridized carbons (Fsp3) is 0.222. The number of esters is 1. The first-order chi connectivity index (χ1) is 12.7. The molecule has 0 radical (unpaired) electrons. The largest absolute Gasteiger partial charge is 0.468 e. The molecule has 0 saturated carbocycles. The van der Waals surface area contributed by atoms with Crippen LogP contribution in [0.1, 0.15) is 5.56 Å². The van der Waals surface area contributed by atoms with E-state index in [4.69, 9.17) is 23.8 Å². The van der Waals surface area contributed by atoms with E-state index in [2.05, 4.69) is 14.8 Å². The van der Waals surface area contributed by atoms with E-state index in [1.165, 1.54) is 7.11 Å². The highest BCUT2D eigenvalue weighted by molar-refractivity contribution is 7.88. The minimum Gasteiger partial charge on any atom is -0.468 e. The maximum atomic E-state index is 11.8. The van der Waals surface area contributed by atoms with Crippen LogP contribution >= 0.6 is 23.8 Å². The SMILES string of the molecule is COC(=O)C(Cc1ccc(-c2cccc(NC(=S)Cl)c2)cc1)NS(C)(=O)=O. The standard InChI is InChI=1S/C18H19ClN2O4S2/c1-25-17(22)16(21-27(2,23)24)10-12-6-8-13(9-7-12)14-4-3-5-15(11-14)20-18(19)26/h3-9,11,16,21H,10H2,1-2H3,(H,20,26). The molecule has 1 atom stereocenters. The zero-order valence-corrected chi connectivity index (χ0v) is 17.1. The maximum Gasteiger partial charge on any atom is 0.324 e. The van der Waals surface area contributed by atoms with Crippen LogP contribution in [-0.2, 0) is 26.0 Å². The maximum absolute atomic E-state index is 11.8. The molecule has 2 aromatic rings. The van der Waals surface area contributed by atoms with Gasteiger partial charge in [0.05, 0.1) is 13.4 Å². The Morgan fingerprint density at radius 2 is 1.85 bits per heavy atom. The van der Waals surface area contributed by atoms with Gasteiger partial charge in [0.25, 0.3) is 0 Å². The molecule has 2 rings (SSSR count). The van der Waals surface area contributed by atoms with Crippen molar-refractivity contribution in [2.75, 3.05) is 18.7 Å². The van der Waals surface area contributed by atoms with Gasteiger partial charge < -0.3 is 10.1 Å². The molecule has 9 heteroatoms. The molecule has 0 aromatic heterocycles. The van der Waals surface area contributed by atoms with Crippen LogP contribution in [0.2, 0.25) is 0 Å². The first kappa shape index (κ1) is 21.3. The number of thiocarbonyl (C=S) groups is 1. The minimum atomic E-state index is -3.54. The Hall–Kier alpha value is -2.00. The van der Waals surface area contributed by atoms with Gasteiger partial charge in [-0.05, 0) is 47.5 Å². The van der Waals surface area contributed by atoms with Crippen LogP contribution in [0.25, 0.3) is 11.1 Å². The van der Waals surface area contributed by atoms with Crippen LogP contribution in [0.3, 0.4) is 0 Å². The van der Waals surface area contributed by atoms with E-state index in [9.17, 15) is 13.2 Å². The fourth-order valence-corrected chi connectivity index (χ4v) is 3.46. The fourth-order valence-electron chi connectivity index (χ4n) is 2.53. The van der Waals surface area contributed by atoms with E-state index < -0.39 is 22.0 Å². The number of nitrogens with one attached hydrogen (secondary N) is 2. The quantitative estimate of drug-likeness (QED) is 0.306. The van der Waals surface area contributed by atoms with Crippen LogP contribution in [0.4, 0.5) is 5.69 Å². The highest BCUT2D eigenvalue weighted by Crippen LogP contribution is 2.23. The molecule has 0 saturated heterocycles. The molecule has 6 nitrogen and oxygen atoms in total. The number of ether oxygens (including phenoxy) is 1. The van der Waals surface area contributed by atoms with Gasteiger partial charge in [0, 0.05) is 5.69 Å². The van der Waals surface area contributed by atoms with E-state index in [0.717, 1.165) is 28.6 Å². The lowest BCUT2D eigenvalue weighted by molar-refractivity contribution is -0.142. The third kappa shape index (κ3) is 6.91. The Bertz CT molecular complexity index is 931. The summed E-state index contributed by atoms with van der Waals surface area (Å²) in [7, 11) is -2.33. The summed E-state index contributed by atoms with van der Waals surface area (Å²) < 4.78 is 30.0. The van der Waals surface area contributed by atoms with Crippen molar-refractivity contribution in [3.63, 3.8) is 0 Å². The van der Waals surface area contributed by atoms with Crippen LogP contribution in [0.5, 0.6) is 0 Å². The second-order valence-corrected chi connectivity index (χ2v) is 8.64. The summed E-state index contributed by atoms with van der Waals surface area (Å²) in [5.74, 6) is -0.639. The second-order valence-electron chi connectivity index (χ2n) is 5.85. The van der Waals surface area contributed by atoms with Crippen molar-refractivity contribution < 1.29 is 17.9 Å². The van der Waals surface area contributed by atoms with Gasteiger partial charge in [-0.25, -0.2) is 13.1 Å². The Morgan fingerprint density at radius 1 is 1.19 bits per heavy atom. The molecule has 0 fully saturated rings. The van der Waals surface area contributed by atoms with Gasteiger partial charge in [0.15, 0.2) is 4.45 Å². The summed E-state index contributed by atoms with van der Waals surface area (Å²) in [6.45, 7) is 0. The lowest BCUT2D eigenvalue weighted by Crippen LogP contribution is -2.42. The van der Waals surface area contributed by atoms with E-state index in [1.807, 2.05) is 48.5 Å². The first-order valence-corrected chi connectivity index (χ1v) is 10.6.